The van der Waals surface area contributed by atoms with Crippen LogP contribution in [0.15, 0.2) is 18.6 Å². The molecule has 0 aliphatic carbocycles. The minimum absolute atomic E-state index is 0.823. The summed E-state index contributed by atoms with van der Waals surface area (Å²) in [6.07, 6.45) is 6.93. The highest BCUT2D eigenvalue weighted by molar-refractivity contribution is 7.11. The molecule has 86 valence electrons. The fourth-order valence-corrected chi connectivity index (χ4v) is 2.22. The maximum atomic E-state index is 4.27. The molecule has 0 spiro atoms. The first-order valence-corrected chi connectivity index (χ1v) is 6.27. The Hall–Kier alpha value is -1.36. The van der Waals surface area contributed by atoms with Gasteiger partial charge in [0.05, 0.1) is 23.4 Å². The first kappa shape index (κ1) is 11.1. The fraction of sp³-hybridized carbons (Fsp3) is 0.455. The average molecular weight is 236 g/mol. The number of nitrogens with zero attached hydrogens (tertiary/aromatic N) is 3. The predicted molar refractivity (Wildman–Crippen MR) is 66.7 cm³/mol. The lowest BCUT2D eigenvalue weighted by Gasteiger charge is -1.99. The minimum atomic E-state index is 0.823. The summed E-state index contributed by atoms with van der Waals surface area (Å²) in [4.78, 5) is 5.47. The standard InChI is InChI=1S/C11H16N4S/c1-3-4-15-8-10(5-14-15)13-7-11-6-12-9(2)16-11/h5-6,8,13H,3-4,7H2,1-2H3. The van der Waals surface area contributed by atoms with Gasteiger partial charge in [-0.1, -0.05) is 6.92 Å². The number of hydrogen-bond acceptors (Lipinski definition) is 4. The van der Waals surface area contributed by atoms with Gasteiger partial charge < -0.3 is 5.32 Å². The minimum Gasteiger partial charge on any atom is -0.378 e. The lowest BCUT2D eigenvalue weighted by atomic mass is 10.4. The highest BCUT2D eigenvalue weighted by atomic mass is 32.1. The van der Waals surface area contributed by atoms with Crippen LogP contribution in [0.5, 0.6) is 0 Å². The molecule has 0 aromatic carbocycles. The van der Waals surface area contributed by atoms with Crippen molar-refractivity contribution < 1.29 is 0 Å². The quantitative estimate of drug-likeness (QED) is 0.868. The van der Waals surface area contributed by atoms with Gasteiger partial charge in [0.15, 0.2) is 0 Å². The lowest BCUT2D eigenvalue weighted by Crippen LogP contribution is -1.97. The summed E-state index contributed by atoms with van der Waals surface area (Å²) in [6, 6.07) is 0. The summed E-state index contributed by atoms with van der Waals surface area (Å²) < 4.78 is 1.96. The summed E-state index contributed by atoms with van der Waals surface area (Å²) >= 11 is 1.72. The van der Waals surface area contributed by atoms with E-state index in [2.05, 4.69) is 22.3 Å². The second-order valence-electron chi connectivity index (χ2n) is 3.69. The first-order valence-electron chi connectivity index (χ1n) is 5.45. The highest BCUT2D eigenvalue weighted by Crippen LogP contribution is 2.14. The molecule has 0 aliphatic heterocycles. The molecule has 0 saturated carbocycles. The van der Waals surface area contributed by atoms with E-state index >= 15 is 0 Å². The van der Waals surface area contributed by atoms with Crippen LogP contribution in [0.25, 0.3) is 0 Å². The Balaban J connectivity index is 1.89. The van der Waals surface area contributed by atoms with Gasteiger partial charge in [-0.25, -0.2) is 4.98 Å². The summed E-state index contributed by atoms with van der Waals surface area (Å²) in [7, 11) is 0. The van der Waals surface area contributed by atoms with Crippen LogP contribution in [0.2, 0.25) is 0 Å². The molecule has 0 unspecified atom stereocenters. The Morgan fingerprint density at radius 3 is 3.00 bits per heavy atom. The summed E-state index contributed by atoms with van der Waals surface area (Å²) in [5, 5.41) is 8.72. The van der Waals surface area contributed by atoms with E-state index in [0.717, 1.165) is 30.2 Å². The second-order valence-corrected chi connectivity index (χ2v) is 5.01. The van der Waals surface area contributed by atoms with Gasteiger partial charge >= 0.3 is 0 Å². The van der Waals surface area contributed by atoms with Crippen molar-refractivity contribution in [1.82, 2.24) is 14.8 Å². The predicted octanol–water partition coefficient (Wildman–Crippen LogP) is 2.67. The number of nitrogens with one attached hydrogen (secondary N) is 1. The summed E-state index contributed by atoms with van der Waals surface area (Å²) in [5.74, 6) is 0. The van der Waals surface area contributed by atoms with Crippen molar-refractivity contribution in [1.29, 1.82) is 0 Å². The Morgan fingerprint density at radius 2 is 2.31 bits per heavy atom. The molecular formula is C11H16N4S. The van der Waals surface area contributed by atoms with Crippen molar-refractivity contribution in [2.45, 2.75) is 33.4 Å². The topological polar surface area (TPSA) is 42.7 Å². The Labute approximate surface area is 99.3 Å². The lowest BCUT2D eigenvalue weighted by molar-refractivity contribution is 0.603. The Morgan fingerprint density at radius 1 is 1.44 bits per heavy atom. The van der Waals surface area contributed by atoms with Crippen LogP contribution < -0.4 is 5.32 Å². The van der Waals surface area contributed by atoms with Gasteiger partial charge in [-0.05, 0) is 13.3 Å². The van der Waals surface area contributed by atoms with Gasteiger partial charge in [-0.3, -0.25) is 4.68 Å². The van der Waals surface area contributed by atoms with Crippen molar-refractivity contribution >= 4 is 17.0 Å². The van der Waals surface area contributed by atoms with Crippen LogP contribution in [0, 0.1) is 6.92 Å². The third-order valence-electron chi connectivity index (χ3n) is 2.22. The van der Waals surface area contributed by atoms with E-state index in [1.807, 2.05) is 30.2 Å². The molecule has 2 aromatic rings. The Kier molecular flexibility index (Phi) is 3.56. The van der Waals surface area contributed by atoms with E-state index in [1.165, 1.54) is 4.88 Å². The SMILES string of the molecule is CCCn1cc(NCc2cnc(C)s2)cn1. The van der Waals surface area contributed by atoms with Crippen LogP contribution in [0.4, 0.5) is 5.69 Å². The average Bonchev–Trinajstić information content (AvgIpc) is 2.85. The molecule has 0 atom stereocenters. The van der Waals surface area contributed by atoms with E-state index < -0.39 is 0 Å². The molecule has 2 heterocycles. The van der Waals surface area contributed by atoms with Gasteiger partial charge in [0.2, 0.25) is 0 Å². The van der Waals surface area contributed by atoms with E-state index in [-0.39, 0.29) is 0 Å². The first-order chi connectivity index (χ1) is 7.78. The normalized spacial score (nSPS) is 10.6. The van der Waals surface area contributed by atoms with Crippen molar-refractivity contribution in [3.05, 3.63) is 28.5 Å². The molecule has 0 bridgehead atoms. The molecule has 0 aliphatic rings. The van der Waals surface area contributed by atoms with E-state index in [1.54, 1.807) is 11.3 Å². The van der Waals surface area contributed by atoms with Crippen LogP contribution >= 0.6 is 11.3 Å². The highest BCUT2D eigenvalue weighted by Gasteiger charge is 2.00. The molecule has 1 N–H and O–H groups in total. The molecule has 2 aromatic heterocycles. The number of rotatable bonds is 5. The van der Waals surface area contributed by atoms with Gasteiger partial charge in [0, 0.05) is 23.8 Å². The van der Waals surface area contributed by atoms with Gasteiger partial charge in [0.25, 0.3) is 0 Å². The molecule has 0 radical (unpaired) electrons. The van der Waals surface area contributed by atoms with Gasteiger partial charge in [-0.15, -0.1) is 11.3 Å². The number of thiazole rings is 1. The fourth-order valence-electron chi connectivity index (χ4n) is 1.48. The Bertz CT molecular complexity index is 446. The van der Waals surface area contributed by atoms with Gasteiger partial charge in [0.1, 0.15) is 0 Å². The molecule has 5 heteroatoms. The van der Waals surface area contributed by atoms with E-state index in [9.17, 15) is 0 Å². The van der Waals surface area contributed by atoms with Crippen LogP contribution in [-0.4, -0.2) is 14.8 Å². The van der Waals surface area contributed by atoms with Gasteiger partial charge in [-0.2, -0.15) is 5.10 Å². The van der Waals surface area contributed by atoms with E-state index in [4.69, 9.17) is 0 Å². The number of aromatic nitrogens is 3. The largest absolute Gasteiger partial charge is 0.378 e. The molecule has 2 rings (SSSR count). The molecule has 0 amide bonds. The van der Waals surface area contributed by atoms with Crippen LogP contribution in [0.3, 0.4) is 0 Å². The van der Waals surface area contributed by atoms with Crippen LogP contribution in [-0.2, 0) is 13.1 Å². The zero-order valence-electron chi connectivity index (χ0n) is 9.60. The molecule has 0 fully saturated rings. The molecular weight excluding hydrogens is 220 g/mol. The number of hydrogen-bond donors (Lipinski definition) is 1. The summed E-state index contributed by atoms with van der Waals surface area (Å²) in [6.45, 7) is 5.97. The maximum absolute atomic E-state index is 4.27. The monoisotopic (exact) mass is 236 g/mol. The number of aryl methyl sites for hydroxylation is 2. The van der Waals surface area contributed by atoms with Crippen molar-refractivity contribution in [2.24, 2.45) is 0 Å². The zero-order valence-corrected chi connectivity index (χ0v) is 10.4. The maximum Gasteiger partial charge on any atom is 0.0897 e. The molecule has 0 saturated heterocycles. The second kappa shape index (κ2) is 5.12. The van der Waals surface area contributed by atoms with E-state index in [0.29, 0.717) is 0 Å². The molecule has 16 heavy (non-hydrogen) atoms. The third kappa shape index (κ3) is 2.82. The number of anilines is 1. The summed E-state index contributed by atoms with van der Waals surface area (Å²) in [5.41, 5.74) is 1.07. The van der Waals surface area contributed by atoms with Crippen molar-refractivity contribution in [2.75, 3.05) is 5.32 Å². The molecule has 4 nitrogen and oxygen atoms in total. The third-order valence-corrected chi connectivity index (χ3v) is 3.13. The smallest absolute Gasteiger partial charge is 0.0897 e. The van der Waals surface area contributed by atoms with Crippen LogP contribution in [0.1, 0.15) is 23.2 Å². The zero-order chi connectivity index (χ0) is 11.4. The van der Waals surface area contributed by atoms with Crippen molar-refractivity contribution in [3.8, 4) is 0 Å². The van der Waals surface area contributed by atoms with Crippen molar-refractivity contribution in [3.63, 3.8) is 0 Å².